The molecule has 2 amide bonds. The molecule has 0 unspecified atom stereocenters. The van der Waals surface area contributed by atoms with Crippen molar-refractivity contribution in [3.8, 4) is 11.5 Å². The first-order valence-electron chi connectivity index (χ1n) is 8.04. The Morgan fingerprint density at radius 3 is 2.25 bits per heavy atom. The first-order valence-corrected chi connectivity index (χ1v) is 8.04. The standard InChI is InChI=1S/C18H28N2O4/c1-18(2,3)17(22)20-11-9-16(21)19-10-8-13-6-7-14(23-4)15(12-13)24-5/h6-7,12H,8-11H2,1-5H3,(H,19,21)(H,20,22). The third-order valence-corrected chi connectivity index (χ3v) is 3.50. The summed E-state index contributed by atoms with van der Waals surface area (Å²) in [7, 11) is 3.19. The summed E-state index contributed by atoms with van der Waals surface area (Å²) in [6.07, 6.45) is 0.966. The molecule has 1 aromatic rings. The fourth-order valence-corrected chi connectivity index (χ4v) is 2.03. The number of nitrogens with one attached hydrogen (secondary N) is 2. The summed E-state index contributed by atoms with van der Waals surface area (Å²) in [6.45, 7) is 6.39. The van der Waals surface area contributed by atoms with Gasteiger partial charge in [-0.05, 0) is 24.1 Å². The molecule has 0 aliphatic carbocycles. The Hall–Kier alpha value is -2.24. The molecule has 0 saturated heterocycles. The summed E-state index contributed by atoms with van der Waals surface area (Å²) in [5, 5.41) is 5.61. The van der Waals surface area contributed by atoms with Crippen molar-refractivity contribution >= 4 is 11.8 Å². The minimum absolute atomic E-state index is 0.0550. The van der Waals surface area contributed by atoms with Crippen molar-refractivity contribution in [3.05, 3.63) is 23.8 Å². The lowest BCUT2D eigenvalue weighted by Crippen LogP contribution is -2.37. The van der Waals surface area contributed by atoms with Crippen LogP contribution in [0.1, 0.15) is 32.8 Å². The first kappa shape index (κ1) is 19.8. The Labute approximate surface area is 143 Å². The number of carbonyl (C=O) groups excluding carboxylic acids is 2. The molecule has 134 valence electrons. The Balaban J connectivity index is 2.32. The van der Waals surface area contributed by atoms with E-state index in [0.29, 0.717) is 31.0 Å². The molecule has 1 rings (SSSR count). The van der Waals surface area contributed by atoms with Crippen molar-refractivity contribution in [1.82, 2.24) is 10.6 Å². The molecule has 6 heteroatoms. The van der Waals surface area contributed by atoms with Gasteiger partial charge in [0.25, 0.3) is 0 Å². The second-order valence-electron chi connectivity index (χ2n) is 6.55. The lowest BCUT2D eigenvalue weighted by molar-refractivity contribution is -0.128. The third-order valence-electron chi connectivity index (χ3n) is 3.50. The molecular formula is C18H28N2O4. The molecule has 0 bridgehead atoms. The molecule has 0 atom stereocenters. The molecule has 0 saturated carbocycles. The molecule has 0 aromatic heterocycles. The summed E-state index contributed by atoms with van der Waals surface area (Å²) >= 11 is 0. The quantitative estimate of drug-likeness (QED) is 0.760. The van der Waals surface area contributed by atoms with Crippen molar-refractivity contribution in [2.75, 3.05) is 27.3 Å². The van der Waals surface area contributed by atoms with Crippen LogP contribution in [0.4, 0.5) is 0 Å². The molecule has 0 radical (unpaired) electrons. The van der Waals surface area contributed by atoms with Gasteiger partial charge < -0.3 is 20.1 Å². The van der Waals surface area contributed by atoms with Crippen LogP contribution in [0.25, 0.3) is 0 Å². The fourth-order valence-electron chi connectivity index (χ4n) is 2.03. The van der Waals surface area contributed by atoms with Crippen molar-refractivity contribution in [1.29, 1.82) is 0 Å². The number of rotatable bonds is 8. The second-order valence-corrected chi connectivity index (χ2v) is 6.55. The van der Waals surface area contributed by atoms with E-state index in [1.807, 2.05) is 39.0 Å². The van der Waals surface area contributed by atoms with Crippen LogP contribution in [0.2, 0.25) is 0 Å². The zero-order valence-corrected chi connectivity index (χ0v) is 15.2. The van der Waals surface area contributed by atoms with E-state index in [4.69, 9.17) is 9.47 Å². The molecule has 0 fully saturated rings. The van der Waals surface area contributed by atoms with Gasteiger partial charge >= 0.3 is 0 Å². The summed E-state index contributed by atoms with van der Waals surface area (Å²) in [5.74, 6) is 1.22. The molecule has 2 N–H and O–H groups in total. The average Bonchev–Trinajstić information content (AvgIpc) is 2.53. The smallest absolute Gasteiger partial charge is 0.225 e. The van der Waals surface area contributed by atoms with E-state index in [2.05, 4.69) is 10.6 Å². The van der Waals surface area contributed by atoms with Crippen LogP contribution in [-0.4, -0.2) is 39.1 Å². The van der Waals surface area contributed by atoms with Crippen LogP contribution in [-0.2, 0) is 16.0 Å². The van der Waals surface area contributed by atoms with E-state index < -0.39 is 5.41 Å². The van der Waals surface area contributed by atoms with Gasteiger partial charge in [0.15, 0.2) is 11.5 Å². The third kappa shape index (κ3) is 6.48. The average molecular weight is 336 g/mol. The zero-order chi connectivity index (χ0) is 18.2. The maximum atomic E-state index is 11.8. The monoisotopic (exact) mass is 336 g/mol. The first-order chi connectivity index (χ1) is 11.3. The molecular weight excluding hydrogens is 308 g/mol. The highest BCUT2D eigenvalue weighted by molar-refractivity contribution is 5.82. The second kappa shape index (κ2) is 9.15. The highest BCUT2D eigenvalue weighted by Gasteiger charge is 2.20. The predicted molar refractivity (Wildman–Crippen MR) is 93.3 cm³/mol. The number of benzene rings is 1. The summed E-state index contributed by atoms with van der Waals surface area (Å²) < 4.78 is 10.4. The minimum Gasteiger partial charge on any atom is -0.493 e. The van der Waals surface area contributed by atoms with Crippen molar-refractivity contribution in [3.63, 3.8) is 0 Å². The topological polar surface area (TPSA) is 76.7 Å². The van der Waals surface area contributed by atoms with E-state index in [9.17, 15) is 9.59 Å². The van der Waals surface area contributed by atoms with E-state index in [1.54, 1.807) is 14.2 Å². The zero-order valence-electron chi connectivity index (χ0n) is 15.2. The number of hydrogen-bond acceptors (Lipinski definition) is 4. The largest absolute Gasteiger partial charge is 0.493 e. The summed E-state index contributed by atoms with van der Waals surface area (Å²) in [6, 6.07) is 5.68. The van der Waals surface area contributed by atoms with E-state index in [1.165, 1.54) is 0 Å². The molecule has 0 aliphatic heterocycles. The van der Waals surface area contributed by atoms with E-state index in [0.717, 1.165) is 5.56 Å². The minimum atomic E-state index is -0.441. The van der Waals surface area contributed by atoms with Gasteiger partial charge in [-0.3, -0.25) is 9.59 Å². The SMILES string of the molecule is COc1ccc(CCNC(=O)CCNC(=O)C(C)(C)C)cc1OC. The van der Waals surface area contributed by atoms with Gasteiger partial charge in [0.05, 0.1) is 14.2 Å². The number of methoxy groups -OCH3 is 2. The van der Waals surface area contributed by atoms with E-state index >= 15 is 0 Å². The van der Waals surface area contributed by atoms with Crippen LogP contribution >= 0.6 is 0 Å². The van der Waals surface area contributed by atoms with Crippen LogP contribution in [0.15, 0.2) is 18.2 Å². The Bertz CT molecular complexity index is 565. The van der Waals surface area contributed by atoms with Crippen LogP contribution < -0.4 is 20.1 Å². The maximum absolute atomic E-state index is 11.8. The van der Waals surface area contributed by atoms with Gasteiger partial charge in [0.2, 0.25) is 11.8 Å². The lowest BCUT2D eigenvalue weighted by atomic mass is 9.96. The van der Waals surface area contributed by atoms with E-state index in [-0.39, 0.29) is 18.2 Å². The Morgan fingerprint density at radius 2 is 1.67 bits per heavy atom. The number of carbonyl (C=O) groups is 2. The Kier molecular flexibility index (Phi) is 7.55. The lowest BCUT2D eigenvalue weighted by Gasteiger charge is -2.17. The van der Waals surface area contributed by atoms with Gasteiger partial charge in [0.1, 0.15) is 0 Å². The number of hydrogen-bond donors (Lipinski definition) is 2. The maximum Gasteiger partial charge on any atom is 0.225 e. The highest BCUT2D eigenvalue weighted by Crippen LogP contribution is 2.27. The fraction of sp³-hybridized carbons (Fsp3) is 0.556. The van der Waals surface area contributed by atoms with Crippen LogP contribution in [0.5, 0.6) is 11.5 Å². The number of ether oxygens (including phenoxy) is 2. The molecule has 0 heterocycles. The van der Waals surface area contributed by atoms with Crippen LogP contribution in [0.3, 0.4) is 0 Å². The molecule has 0 spiro atoms. The van der Waals surface area contributed by atoms with Gasteiger partial charge in [-0.2, -0.15) is 0 Å². The van der Waals surface area contributed by atoms with Crippen LogP contribution in [0, 0.1) is 5.41 Å². The van der Waals surface area contributed by atoms with Gasteiger partial charge in [0, 0.05) is 24.9 Å². The van der Waals surface area contributed by atoms with Gasteiger partial charge in [-0.15, -0.1) is 0 Å². The normalized spacial score (nSPS) is 10.9. The van der Waals surface area contributed by atoms with Gasteiger partial charge in [-0.25, -0.2) is 0 Å². The van der Waals surface area contributed by atoms with Crippen molar-refractivity contribution in [2.45, 2.75) is 33.6 Å². The predicted octanol–water partition coefficient (Wildman–Crippen LogP) is 1.91. The molecule has 1 aromatic carbocycles. The van der Waals surface area contributed by atoms with Crippen molar-refractivity contribution < 1.29 is 19.1 Å². The molecule has 0 aliphatic rings. The van der Waals surface area contributed by atoms with Gasteiger partial charge in [-0.1, -0.05) is 26.8 Å². The van der Waals surface area contributed by atoms with Crippen molar-refractivity contribution in [2.24, 2.45) is 5.41 Å². The summed E-state index contributed by atoms with van der Waals surface area (Å²) in [5.41, 5.74) is 0.609. The Morgan fingerprint density at radius 1 is 1.00 bits per heavy atom. The number of amides is 2. The molecule has 6 nitrogen and oxygen atoms in total. The summed E-state index contributed by atoms with van der Waals surface area (Å²) in [4.78, 5) is 23.5. The molecule has 24 heavy (non-hydrogen) atoms. The highest BCUT2D eigenvalue weighted by atomic mass is 16.5.